The molecule has 0 fully saturated rings. The monoisotopic (exact) mass is 603 g/mol. The first-order valence-electron chi connectivity index (χ1n) is 16.3. The summed E-state index contributed by atoms with van der Waals surface area (Å²) in [6.07, 6.45) is 11.4. The van der Waals surface area contributed by atoms with E-state index in [4.69, 9.17) is 4.42 Å². The van der Waals surface area contributed by atoms with E-state index in [0.29, 0.717) is 0 Å². The van der Waals surface area contributed by atoms with Crippen molar-refractivity contribution in [3.8, 4) is 11.1 Å². The molecule has 0 bridgehead atoms. The van der Waals surface area contributed by atoms with Crippen LogP contribution in [0.4, 0.5) is 17.1 Å². The number of rotatable bonds is 5. The van der Waals surface area contributed by atoms with Crippen molar-refractivity contribution >= 4 is 50.5 Å². The fourth-order valence-corrected chi connectivity index (χ4v) is 7.66. The highest BCUT2D eigenvalue weighted by molar-refractivity contribution is 6.09. The lowest BCUT2D eigenvalue weighted by Gasteiger charge is -2.40. The largest absolute Gasteiger partial charge is 0.460 e. The molecule has 2 unspecified atom stereocenters. The minimum atomic E-state index is -0.226. The lowest BCUT2D eigenvalue weighted by Crippen LogP contribution is -2.28. The van der Waals surface area contributed by atoms with Crippen LogP contribution in [0.5, 0.6) is 0 Å². The quantitative estimate of drug-likeness (QED) is 0.195. The van der Waals surface area contributed by atoms with Crippen molar-refractivity contribution in [1.82, 2.24) is 0 Å². The summed E-state index contributed by atoms with van der Waals surface area (Å²) >= 11 is 0. The van der Waals surface area contributed by atoms with Crippen molar-refractivity contribution < 1.29 is 4.42 Å². The number of allylic oxidation sites excluding steroid dienone is 5. The van der Waals surface area contributed by atoms with Crippen molar-refractivity contribution in [1.29, 1.82) is 0 Å². The molecule has 0 amide bonds. The summed E-state index contributed by atoms with van der Waals surface area (Å²) in [4.78, 5) is 2.42. The van der Waals surface area contributed by atoms with Gasteiger partial charge in [0.1, 0.15) is 11.3 Å². The van der Waals surface area contributed by atoms with E-state index in [0.717, 1.165) is 39.4 Å². The third-order valence-electron chi connectivity index (χ3n) is 9.96. The van der Waals surface area contributed by atoms with Crippen LogP contribution in [-0.2, 0) is 0 Å². The van der Waals surface area contributed by atoms with Gasteiger partial charge in [0.05, 0.1) is 16.8 Å². The lowest BCUT2D eigenvalue weighted by molar-refractivity contribution is 0.416. The number of anilines is 3. The van der Waals surface area contributed by atoms with E-state index in [2.05, 4.69) is 188 Å². The van der Waals surface area contributed by atoms with Gasteiger partial charge in [0.15, 0.2) is 0 Å². The molecule has 2 aliphatic rings. The molecule has 2 aliphatic carbocycles. The molecule has 47 heavy (non-hydrogen) atoms. The van der Waals surface area contributed by atoms with Gasteiger partial charge in [-0.25, -0.2) is 0 Å². The average Bonchev–Trinajstić information content (AvgIpc) is 3.51. The van der Waals surface area contributed by atoms with E-state index in [-0.39, 0.29) is 11.3 Å². The van der Waals surface area contributed by atoms with Crippen LogP contribution in [0.3, 0.4) is 0 Å². The molecule has 1 aromatic heterocycles. The van der Waals surface area contributed by atoms with E-state index in [1.807, 2.05) is 0 Å². The van der Waals surface area contributed by atoms with Crippen LogP contribution in [-0.4, -0.2) is 0 Å². The molecule has 2 nitrogen and oxygen atoms in total. The van der Waals surface area contributed by atoms with Crippen molar-refractivity contribution in [2.45, 2.75) is 12.8 Å². The van der Waals surface area contributed by atoms with E-state index < -0.39 is 0 Å². The van der Waals surface area contributed by atoms with Gasteiger partial charge in [0, 0.05) is 28.0 Å². The van der Waals surface area contributed by atoms with Gasteiger partial charge >= 0.3 is 0 Å². The lowest BCUT2D eigenvalue weighted by atomic mass is 9.63. The van der Waals surface area contributed by atoms with E-state index >= 15 is 0 Å². The third kappa shape index (κ3) is 4.40. The normalized spacial score (nSPS) is 18.1. The zero-order chi connectivity index (χ0) is 31.4. The standard InChI is InChI=1S/C45H33NO/c1-45-28-11-10-24-38(45)44-37(30-39(45)33-18-6-3-7-19-33)43-41(26-14-27-42(43)47-44)46(40-25-13-20-32-17-8-9-23-36(32)40)35-22-12-21-34(29-35)31-15-4-2-5-16-31/h2-30,38H,1H3. The van der Waals surface area contributed by atoms with Gasteiger partial charge in [0.25, 0.3) is 0 Å². The van der Waals surface area contributed by atoms with Gasteiger partial charge in [-0.05, 0) is 64.1 Å². The smallest absolute Gasteiger partial charge is 0.137 e. The van der Waals surface area contributed by atoms with Gasteiger partial charge in [-0.2, -0.15) is 0 Å². The molecule has 1 heterocycles. The number of hydrogen-bond donors (Lipinski definition) is 0. The van der Waals surface area contributed by atoms with Crippen LogP contribution in [0.15, 0.2) is 174 Å². The van der Waals surface area contributed by atoms with E-state index in [1.54, 1.807) is 0 Å². The molecule has 2 atom stereocenters. The van der Waals surface area contributed by atoms with Crippen LogP contribution < -0.4 is 4.90 Å². The molecule has 0 radical (unpaired) electrons. The third-order valence-corrected chi connectivity index (χ3v) is 9.96. The summed E-state index contributed by atoms with van der Waals surface area (Å²) in [5.41, 5.74) is 10.1. The molecule has 6 aromatic carbocycles. The topological polar surface area (TPSA) is 16.4 Å². The number of benzene rings is 6. The highest BCUT2D eigenvalue weighted by atomic mass is 16.3. The second kappa shape index (κ2) is 10.9. The fourth-order valence-electron chi connectivity index (χ4n) is 7.66. The Morgan fingerprint density at radius 3 is 2.15 bits per heavy atom. The van der Waals surface area contributed by atoms with Crippen LogP contribution >= 0.6 is 0 Å². The minimum Gasteiger partial charge on any atom is -0.460 e. The van der Waals surface area contributed by atoms with Crippen LogP contribution in [0.25, 0.3) is 44.5 Å². The predicted molar refractivity (Wildman–Crippen MR) is 197 cm³/mol. The summed E-state index contributed by atoms with van der Waals surface area (Å²) < 4.78 is 6.90. The molecule has 0 saturated heterocycles. The maximum atomic E-state index is 6.90. The minimum absolute atomic E-state index is 0.0790. The molecule has 0 aliphatic heterocycles. The number of fused-ring (bicyclic) bond motifs is 6. The Labute approximate surface area is 275 Å². The fraction of sp³-hybridized carbons (Fsp3) is 0.0667. The molecule has 0 spiro atoms. The van der Waals surface area contributed by atoms with Gasteiger partial charge in [-0.1, -0.05) is 146 Å². The predicted octanol–water partition coefficient (Wildman–Crippen LogP) is 12.5. The van der Waals surface area contributed by atoms with Gasteiger partial charge in [-0.3, -0.25) is 0 Å². The summed E-state index contributed by atoms with van der Waals surface area (Å²) in [6, 6.07) is 52.0. The van der Waals surface area contributed by atoms with Gasteiger partial charge in [0.2, 0.25) is 0 Å². The molecular formula is C45H33NO. The summed E-state index contributed by atoms with van der Waals surface area (Å²) in [5.74, 6) is 1.10. The summed E-state index contributed by atoms with van der Waals surface area (Å²) in [5, 5.41) is 3.53. The second-order valence-electron chi connectivity index (χ2n) is 12.7. The molecule has 2 heteroatoms. The molecule has 7 aromatic rings. The van der Waals surface area contributed by atoms with E-state index in [9.17, 15) is 0 Å². The first kappa shape index (κ1) is 27.5. The Bertz CT molecular complexity index is 2370. The van der Waals surface area contributed by atoms with Crippen molar-refractivity contribution in [2.75, 3.05) is 4.90 Å². The summed E-state index contributed by atoms with van der Waals surface area (Å²) in [7, 11) is 0. The SMILES string of the molecule is CC12C=CC=CC1c1oc3cccc(N(c4cccc(-c5ccccc5)c4)c4cccc5ccccc45)c3c1C=C2c1ccccc1. The zero-order valence-electron chi connectivity index (χ0n) is 26.2. The molecule has 0 saturated carbocycles. The Morgan fingerprint density at radius 2 is 1.30 bits per heavy atom. The Morgan fingerprint density at radius 1 is 0.617 bits per heavy atom. The van der Waals surface area contributed by atoms with Crippen molar-refractivity contribution in [3.63, 3.8) is 0 Å². The molecule has 9 rings (SSSR count). The molecule has 0 N–H and O–H groups in total. The van der Waals surface area contributed by atoms with E-state index in [1.165, 1.54) is 33.0 Å². The number of nitrogens with zero attached hydrogens (tertiary/aromatic N) is 1. The highest BCUT2D eigenvalue weighted by Gasteiger charge is 2.43. The maximum absolute atomic E-state index is 6.90. The van der Waals surface area contributed by atoms with Crippen molar-refractivity contribution in [2.24, 2.45) is 5.41 Å². The number of hydrogen-bond acceptors (Lipinski definition) is 2. The van der Waals surface area contributed by atoms with Crippen LogP contribution in [0.1, 0.15) is 29.7 Å². The molecule has 224 valence electrons. The van der Waals surface area contributed by atoms with Crippen LogP contribution in [0.2, 0.25) is 0 Å². The maximum Gasteiger partial charge on any atom is 0.137 e. The first-order valence-corrected chi connectivity index (χ1v) is 16.3. The summed E-state index contributed by atoms with van der Waals surface area (Å²) in [6.45, 7) is 2.34. The first-order chi connectivity index (χ1) is 23.2. The Hall–Kier alpha value is -5.86. The van der Waals surface area contributed by atoms with Gasteiger partial charge in [-0.15, -0.1) is 0 Å². The highest BCUT2D eigenvalue weighted by Crippen LogP contribution is 2.57. The molecular weight excluding hydrogens is 571 g/mol. The Balaban J connectivity index is 1.34. The number of furan rings is 1. The van der Waals surface area contributed by atoms with Gasteiger partial charge < -0.3 is 9.32 Å². The van der Waals surface area contributed by atoms with Crippen LogP contribution in [0, 0.1) is 5.41 Å². The average molecular weight is 604 g/mol. The Kier molecular flexibility index (Phi) is 6.36. The second-order valence-corrected chi connectivity index (χ2v) is 12.7. The van der Waals surface area contributed by atoms with Crippen molar-refractivity contribution in [3.05, 3.63) is 187 Å². The zero-order valence-corrected chi connectivity index (χ0v) is 26.2.